The number of carbonyl (C=O) groups is 1. The molecule has 1 amide bonds. The maximum Gasteiger partial charge on any atom is 0.227 e. The van der Waals surface area contributed by atoms with Crippen LogP contribution in [0.4, 0.5) is 0 Å². The van der Waals surface area contributed by atoms with Gasteiger partial charge in [-0.15, -0.1) is 0 Å². The van der Waals surface area contributed by atoms with Crippen LogP contribution in [0.5, 0.6) is 0 Å². The molecule has 116 valence electrons. The fraction of sp³-hybridized carbons (Fsp3) is 0.588. The molecule has 0 heterocycles. The second-order valence-electron chi connectivity index (χ2n) is 6.09. The van der Waals surface area contributed by atoms with Gasteiger partial charge in [-0.25, -0.2) is 0 Å². The number of nitrogens with one attached hydrogen (secondary N) is 1. The molecule has 1 fully saturated rings. The van der Waals surface area contributed by atoms with Gasteiger partial charge in [0.1, 0.15) is 0 Å². The van der Waals surface area contributed by atoms with E-state index in [1.54, 1.807) is 0 Å². The Morgan fingerprint density at radius 1 is 1.24 bits per heavy atom. The normalized spacial score (nSPS) is 19.0. The highest BCUT2D eigenvalue weighted by molar-refractivity contribution is 5.83. The molecule has 0 unspecified atom stereocenters. The first kappa shape index (κ1) is 16.0. The molecule has 1 aliphatic rings. The molecule has 0 aliphatic heterocycles. The Bertz CT molecular complexity index is 441. The minimum atomic E-state index is -0.428. The van der Waals surface area contributed by atoms with E-state index >= 15 is 0 Å². The first-order valence-corrected chi connectivity index (χ1v) is 7.86. The summed E-state index contributed by atoms with van der Waals surface area (Å²) in [7, 11) is 0. The predicted molar refractivity (Wildman–Crippen MR) is 83.7 cm³/mol. The lowest BCUT2D eigenvalue weighted by Crippen LogP contribution is -2.51. The molecule has 1 atom stereocenters. The van der Waals surface area contributed by atoms with E-state index in [2.05, 4.69) is 5.32 Å². The molecule has 1 aromatic carbocycles. The largest absolute Gasteiger partial charge is 0.394 e. The number of hydrogen-bond acceptors (Lipinski definition) is 3. The van der Waals surface area contributed by atoms with Crippen molar-refractivity contribution in [3.8, 4) is 0 Å². The van der Waals surface area contributed by atoms with Crippen molar-refractivity contribution in [1.82, 2.24) is 5.32 Å². The van der Waals surface area contributed by atoms with Gasteiger partial charge in [-0.1, -0.05) is 49.6 Å². The Morgan fingerprint density at radius 3 is 2.48 bits per heavy atom. The Labute approximate surface area is 126 Å². The van der Waals surface area contributed by atoms with Crippen LogP contribution in [-0.2, 0) is 11.2 Å². The Kier molecular flexibility index (Phi) is 5.76. The van der Waals surface area contributed by atoms with Crippen LogP contribution in [0.2, 0.25) is 0 Å². The van der Waals surface area contributed by atoms with Crippen LogP contribution in [-0.4, -0.2) is 30.2 Å². The molecule has 1 saturated carbocycles. The van der Waals surface area contributed by atoms with Gasteiger partial charge in [-0.3, -0.25) is 4.79 Å². The minimum Gasteiger partial charge on any atom is -0.394 e. The third kappa shape index (κ3) is 4.05. The van der Waals surface area contributed by atoms with Crippen molar-refractivity contribution in [1.29, 1.82) is 0 Å². The van der Waals surface area contributed by atoms with E-state index in [0.717, 1.165) is 31.2 Å². The van der Waals surface area contributed by atoms with Gasteiger partial charge in [-0.05, 0) is 24.8 Å². The van der Waals surface area contributed by atoms with Crippen molar-refractivity contribution in [2.45, 2.75) is 44.6 Å². The molecule has 0 radical (unpaired) electrons. The number of carbonyl (C=O) groups excluding carboxylic acids is 1. The molecule has 2 rings (SSSR count). The first-order valence-electron chi connectivity index (χ1n) is 7.86. The van der Waals surface area contributed by atoms with E-state index in [-0.39, 0.29) is 18.6 Å². The highest BCUT2D eigenvalue weighted by Gasteiger charge is 2.38. The highest BCUT2D eigenvalue weighted by atomic mass is 16.3. The van der Waals surface area contributed by atoms with Crippen molar-refractivity contribution in [3.63, 3.8) is 0 Å². The lowest BCUT2D eigenvalue weighted by atomic mass is 9.73. The Morgan fingerprint density at radius 2 is 1.90 bits per heavy atom. The lowest BCUT2D eigenvalue weighted by Gasteiger charge is -2.35. The zero-order valence-electron chi connectivity index (χ0n) is 12.6. The van der Waals surface area contributed by atoms with E-state index in [1.165, 1.54) is 6.42 Å². The zero-order valence-corrected chi connectivity index (χ0v) is 12.6. The quantitative estimate of drug-likeness (QED) is 0.745. The Balaban J connectivity index is 1.98. The van der Waals surface area contributed by atoms with Gasteiger partial charge in [0.15, 0.2) is 0 Å². The van der Waals surface area contributed by atoms with Crippen molar-refractivity contribution in [2.24, 2.45) is 11.1 Å². The molecule has 4 heteroatoms. The number of aliphatic hydroxyl groups excluding tert-OH is 1. The second kappa shape index (κ2) is 7.57. The first-order chi connectivity index (χ1) is 10.2. The van der Waals surface area contributed by atoms with E-state index in [4.69, 9.17) is 5.73 Å². The lowest BCUT2D eigenvalue weighted by molar-refractivity contribution is -0.133. The Hall–Kier alpha value is -1.39. The van der Waals surface area contributed by atoms with E-state index in [9.17, 15) is 9.90 Å². The average molecular weight is 290 g/mol. The van der Waals surface area contributed by atoms with Crippen molar-refractivity contribution in [2.75, 3.05) is 13.2 Å². The number of amides is 1. The summed E-state index contributed by atoms with van der Waals surface area (Å²) in [5.74, 6) is 0.0136. The van der Waals surface area contributed by atoms with Crippen LogP contribution in [0.3, 0.4) is 0 Å². The molecule has 0 bridgehead atoms. The van der Waals surface area contributed by atoms with Gasteiger partial charge in [0.2, 0.25) is 5.91 Å². The van der Waals surface area contributed by atoms with Crippen LogP contribution in [0.15, 0.2) is 30.3 Å². The number of hydrogen-bond donors (Lipinski definition) is 3. The fourth-order valence-corrected chi connectivity index (χ4v) is 3.15. The monoisotopic (exact) mass is 290 g/mol. The van der Waals surface area contributed by atoms with Gasteiger partial charge in [0, 0.05) is 6.54 Å². The minimum absolute atomic E-state index is 0.0136. The molecular weight excluding hydrogens is 264 g/mol. The molecular formula is C17H26N2O2. The third-order valence-corrected chi connectivity index (χ3v) is 4.56. The van der Waals surface area contributed by atoms with Gasteiger partial charge in [0.25, 0.3) is 0 Å². The van der Waals surface area contributed by atoms with Gasteiger partial charge in [0.05, 0.1) is 18.1 Å². The van der Waals surface area contributed by atoms with Crippen LogP contribution in [0, 0.1) is 5.41 Å². The molecule has 1 aromatic rings. The highest BCUT2D eigenvalue weighted by Crippen LogP contribution is 2.35. The summed E-state index contributed by atoms with van der Waals surface area (Å²) in [6, 6.07) is 9.66. The summed E-state index contributed by atoms with van der Waals surface area (Å²) < 4.78 is 0. The van der Waals surface area contributed by atoms with Crippen LogP contribution in [0.25, 0.3) is 0 Å². The summed E-state index contributed by atoms with van der Waals surface area (Å²) in [4.78, 5) is 12.6. The molecule has 0 spiro atoms. The third-order valence-electron chi connectivity index (χ3n) is 4.56. The number of nitrogens with two attached hydrogens (primary N) is 1. The van der Waals surface area contributed by atoms with E-state index < -0.39 is 5.41 Å². The molecule has 4 N–H and O–H groups in total. The van der Waals surface area contributed by atoms with Crippen LogP contribution >= 0.6 is 0 Å². The standard InChI is InChI=1S/C17H26N2O2/c18-13-17(9-5-2-6-10-17)16(21)19-15(12-20)11-14-7-3-1-4-8-14/h1,3-4,7-8,15,20H,2,5-6,9-13,18H2,(H,19,21)/t15-/m0/s1. The van der Waals surface area contributed by atoms with Crippen molar-refractivity contribution < 1.29 is 9.90 Å². The molecule has 0 saturated heterocycles. The van der Waals surface area contributed by atoms with E-state index in [1.807, 2.05) is 30.3 Å². The molecule has 1 aliphatic carbocycles. The number of rotatable bonds is 6. The zero-order chi connectivity index (χ0) is 15.1. The maximum absolute atomic E-state index is 12.6. The van der Waals surface area contributed by atoms with Gasteiger partial charge >= 0.3 is 0 Å². The van der Waals surface area contributed by atoms with E-state index in [0.29, 0.717) is 13.0 Å². The fourth-order valence-electron chi connectivity index (χ4n) is 3.15. The van der Waals surface area contributed by atoms with Gasteiger partial charge in [-0.2, -0.15) is 0 Å². The smallest absolute Gasteiger partial charge is 0.227 e. The van der Waals surface area contributed by atoms with Gasteiger partial charge < -0.3 is 16.2 Å². The molecule has 0 aromatic heterocycles. The molecule has 21 heavy (non-hydrogen) atoms. The topological polar surface area (TPSA) is 75.4 Å². The summed E-state index contributed by atoms with van der Waals surface area (Å²) >= 11 is 0. The summed E-state index contributed by atoms with van der Waals surface area (Å²) in [5.41, 5.74) is 6.57. The predicted octanol–water partition coefficient (Wildman–Crippen LogP) is 1.62. The van der Waals surface area contributed by atoms with Crippen molar-refractivity contribution in [3.05, 3.63) is 35.9 Å². The number of aliphatic hydroxyl groups is 1. The second-order valence-corrected chi connectivity index (χ2v) is 6.09. The molecule has 4 nitrogen and oxygen atoms in total. The summed E-state index contributed by atoms with van der Waals surface area (Å²) in [6.45, 7) is 0.337. The summed E-state index contributed by atoms with van der Waals surface area (Å²) in [6.07, 6.45) is 5.67. The van der Waals surface area contributed by atoms with Crippen molar-refractivity contribution >= 4 is 5.91 Å². The maximum atomic E-state index is 12.6. The summed E-state index contributed by atoms with van der Waals surface area (Å²) in [5, 5.41) is 12.6. The van der Waals surface area contributed by atoms with Crippen LogP contribution in [0.1, 0.15) is 37.7 Å². The SMILES string of the molecule is NCC1(C(=O)N[C@H](CO)Cc2ccccc2)CCCCC1. The van der Waals surface area contributed by atoms with Crippen LogP contribution < -0.4 is 11.1 Å². The number of benzene rings is 1. The average Bonchev–Trinajstić information content (AvgIpc) is 2.55.